The number of H-pyrrole nitrogens is 1. The minimum Gasteiger partial charge on any atom is -0.378 e. The van der Waals surface area contributed by atoms with E-state index >= 15 is 0 Å². The summed E-state index contributed by atoms with van der Waals surface area (Å²) in [5, 5.41) is 1.60. The number of fused-ring (bicyclic) bond motifs is 4. The van der Waals surface area contributed by atoms with E-state index < -0.39 is 0 Å². The van der Waals surface area contributed by atoms with Gasteiger partial charge in [0.2, 0.25) is 0 Å². The molecule has 0 amide bonds. The van der Waals surface area contributed by atoms with Gasteiger partial charge in [-0.25, -0.2) is 15.0 Å². The zero-order valence-corrected chi connectivity index (χ0v) is 19.9. The zero-order chi connectivity index (χ0) is 21.1. The second-order valence-electron chi connectivity index (χ2n) is 8.47. The van der Waals surface area contributed by atoms with E-state index in [1.807, 2.05) is 24.5 Å². The van der Waals surface area contributed by atoms with Crippen LogP contribution in [-0.2, 0) is 11.3 Å². The normalized spacial score (nSPS) is 22.6. The third-order valence-corrected chi connectivity index (χ3v) is 8.07. The van der Waals surface area contributed by atoms with Crippen LogP contribution >= 0.6 is 35.3 Å². The lowest BCUT2D eigenvalue weighted by Gasteiger charge is -2.38. The highest BCUT2D eigenvalue weighted by Crippen LogP contribution is 2.41. The number of hydrogen-bond donors (Lipinski definition) is 2. The van der Waals surface area contributed by atoms with Crippen molar-refractivity contribution in [3.05, 3.63) is 34.6 Å². The molecule has 7 nitrogen and oxygen atoms in total. The second-order valence-corrected chi connectivity index (χ2v) is 9.93. The smallest absolute Gasteiger partial charge is 0.159 e. The summed E-state index contributed by atoms with van der Waals surface area (Å²) in [5.41, 5.74) is 10.6. The van der Waals surface area contributed by atoms with Crippen molar-refractivity contribution in [1.82, 2.24) is 19.9 Å². The Labute approximate surface area is 200 Å². The van der Waals surface area contributed by atoms with Gasteiger partial charge >= 0.3 is 0 Å². The summed E-state index contributed by atoms with van der Waals surface area (Å²) in [6, 6.07) is 5.25. The van der Waals surface area contributed by atoms with E-state index in [0.717, 1.165) is 56.2 Å². The van der Waals surface area contributed by atoms with E-state index in [0.29, 0.717) is 29.8 Å². The summed E-state index contributed by atoms with van der Waals surface area (Å²) in [7, 11) is 1.67. The molecule has 2 unspecified atom stereocenters. The van der Waals surface area contributed by atoms with Crippen LogP contribution in [0.25, 0.3) is 32.5 Å². The number of aromatic nitrogens is 4. The number of anilines is 1. The highest BCUT2D eigenvalue weighted by Gasteiger charge is 2.40. The Morgan fingerprint density at radius 1 is 1.22 bits per heavy atom. The van der Waals surface area contributed by atoms with Gasteiger partial charge in [0.15, 0.2) is 5.65 Å². The zero-order valence-electron chi connectivity index (χ0n) is 17.5. The van der Waals surface area contributed by atoms with Crippen LogP contribution in [0.4, 0.5) is 5.82 Å². The molecule has 0 aliphatic carbocycles. The molecule has 2 atom stereocenters. The summed E-state index contributed by atoms with van der Waals surface area (Å²) in [5.74, 6) is 0.938. The van der Waals surface area contributed by atoms with Gasteiger partial charge in [-0.2, -0.15) is 0 Å². The fraction of sp³-hybridized carbons (Fsp3) is 0.409. The Bertz CT molecular complexity index is 1280. The lowest BCUT2D eigenvalue weighted by atomic mass is 9.98. The molecule has 2 aliphatic rings. The molecular formula is C22H24Cl2N6OS. The van der Waals surface area contributed by atoms with Gasteiger partial charge in [0.25, 0.3) is 0 Å². The molecule has 2 aliphatic heterocycles. The van der Waals surface area contributed by atoms with Crippen molar-refractivity contribution in [2.75, 3.05) is 12.0 Å². The standard InChI is InChI=1S/C22H23ClN6OS.ClH/c1-30-10-18-27-16-5-4-14(19(23)21(16)31-18)15-8-26-22-20(15)25-9-17(28-22)29-12-2-3-13(29)7-11(24)6-12;/h4-5,8-9,11-13H,2-3,6-7,10,24H2,1H3,(H,26,28);1H. The minimum atomic E-state index is 0. The monoisotopic (exact) mass is 490 g/mol. The molecule has 32 heavy (non-hydrogen) atoms. The first-order valence-corrected chi connectivity index (χ1v) is 11.8. The Balaban J connectivity index is 0.00000216. The van der Waals surface area contributed by atoms with Gasteiger partial charge in [-0.15, -0.1) is 23.7 Å². The van der Waals surface area contributed by atoms with Crippen LogP contribution < -0.4 is 10.6 Å². The number of rotatable bonds is 4. The van der Waals surface area contributed by atoms with E-state index in [9.17, 15) is 0 Å². The lowest BCUT2D eigenvalue weighted by molar-refractivity contribution is 0.185. The van der Waals surface area contributed by atoms with Crippen LogP contribution in [0, 0.1) is 0 Å². The molecule has 0 radical (unpaired) electrons. The van der Waals surface area contributed by atoms with Crippen LogP contribution in [0.5, 0.6) is 0 Å². The highest BCUT2D eigenvalue weighted by atomic mass is 35.5. The molecule has 2 bridgehead atoms. The van der Waals surface area contributed by atoms with E-state index in [1.165, 1.54) is 12.8 Å². The minimum absolute atomic E-state index is 0. The Kier molecular flexibility index (Phi) is 5.75. The predicted molar refractivity (Wildman–Crippen MR) is 132 cm³/mol. The third-order valence-electron chi connectivity index (χ3n) is 6.50. The van der Waals surface area contributed by atoms with Gasteiger partial charge in [0.1, 0.15) is 16.3 Å². The van der Waals surface area contributed by atoms with Crippen molar-refractivity contribution in [2.24, 2.45) is 5.73 Å². The number of ether oxygens (including phenoxy) is 1. The SMILES string of the molecule is COCc1nc2ccc(-c3c[nH]c4nc(N5C6CCC5CC(N)C6)cnc34)c(Cl)c2s1.Cl. The van der Waals surface area contributed by atoms with E-state index in [1.54, 1.807) is 18.4 Å². The maximum Gasteiger partial charge on any atom is 0.159 e. The molecule has 6 rings (SSSR count). The molecule has 10 heteroatoms. The van der Waals surface area contributed by atoms with Gasteiger partial charge < -0.3 is 20.4 Å². The fourth-order valence-electron chi connectivity index (χ4n) is 5.21. The summed E-state index contributed by atoms with van der Waals surface area (Å²) in [6.45, 7) is 0.482. The molecule has 2 fully saturated rings. The van der Waals surface area contributed by atoms with Crippen molar-refractivity contribution >= 4 is 62.5 Å². The first-order valence-electron chi connectivity index (χ1n) is 10.6. The van der Waals surface area contributed by atoms with E-state index in [4.69, 9.17) is 32.0 Å². The predicted octanol–water partition coefficient (Wildman–Crippen LogP) is 4.91. The van der Waals surface area contributed by atoms with E-state index in [-0.39, 0.29) is 12.4 Å². The number of aromatic amines is 1. The maximum atomic E-state index is 6.81. The summed E-state index contributed by atoms with van der Waals surface area (Å²) in [6.07, 6.45) is 8.27. The number of nitrogens with two attached hydrogens (primary N) is 1. The molecule has 3 N–H and O–H groups in total. The highest BCUT2D eigenvalue weighted by molar-refractivity contribution is 7.19. The number of hydrogen-bond acceptors (Lipinski definition) is 7. The second kappa shape index (κ2) is 8.43. The number of halogens is 2. The van der Waals surface area contributed by atoms with Crippen LogP contribution in [-0.4, -0.2) is 45.2 Å². The topological polar surface area (TPSA) is 93.0 Å². The van der Waals surface area contributed by atoms with Crippen molar-refractivity contribution in [2.45, 2.75) is 50.4 Å². The number of methoxy groups -OCH3 is 1. The average Bonchev–Trinajstić information content (AvgIpc) is 3.43. The summed E-state index contributed by atoms with van der Waals surface area (Å²) < 4.78 is 6.18. The first kappa shape index (κ1) is 21.9. The van der Waals surface area contributed by atoms with Crippen molar-refractivity contribution in [3.63, 3.8) is 0 Å². The molecule has 0 saturated carbocycles. The van der Waals surface area contributed by atoms with Crippen LogP contribution in [0.15, 0.2) is 24.5 Å². The number of piperidine rings is 1. The van der Waals surface area contributed by atoms with E-state index in [2.05, 4.69) is 14.9 Å². The number of benzene rings is 1. The van der Waals surface area contributed by atoms with Crippen LogP contribution in [0.1, 0.15) is 30.7 Å². The first-order chi connectivity index (χ1) is 15.1. The molecule has 5 heterocycles. The fourth-order valence-corrected chi connectivity index (χ4v) is 6.56. The molecular weight excluding hydrogens is 467 g/mol. The number of nitrogens with one attached hydrogen (secondary N) is 1. The Morgan fingerprint density at radius 2 is 2.00 bits per heavy atom. The van der Waals surface area contributed by atoms with Gasteiger partial charge in [0.05, 0.1) is 28.0 Å². The molecule has 2 saturated heterocycles. The van der Waals surface area contributed by atoms with Crippen LogP contribution in [0.2, 0.25) is 5.02 Å². The largest absolute Gasteiger partial charge is 0.378 e. The van der Waals surface area contributed by atoms with Gasteiger partial charge in [0, 0.05) is 42.6 Å². The summed E-state index contributed by atoms with van der Waals surface area (Å²) in [4.78, 5) is 20.1. The number of nitrogens with zero attached hydrogens (tertiary/aromatic N) is 4. The lowest BCUT2D eigenvalue weighted by Crippen LogP contribution is -2.47. The molecule has 3 aromatic heterocycles. The quantitative estimate of drug-likeness (QED) is 0.421. The molecule has 168 valence electrons. The number of thiazole rings is 1. The molecule has 1 aromatic carbocycles. The van der Waals surface area contributed by atoms with Gasteiger partial charge in [-0.3, -0.25) is 0 Å². The van der Waals surface area contributed by atoms with Crippen LogP contribution in [0.3, 0.4) is 0 Å². The van der Waals surface area contributed by atoms with Crippen molar-refractivity contribution < 1.29 is 4.74 Å². The van der Waals surface area contributed by atoms with Crippen molar-refractivity contribution in [3.8, 4) is 11.1 Å². The molecule has 0 spiro atoms. The van der Waals surface area contributed by atoms with Crippen molar-refractivity contribution in [1.29, 1.82) is 0 Å². The Hall–Kier alpha value is -1.97. The summed E-state index contributed by atoms with van der Waals surface area (Å²) >= 11 is 8.37. The van der Waals surface area contributed by atoms with Gasteiger partial charge in [-0.1, -0.05) is 17.7 Å². The third kappa shape index (κ3) is 3.45. The van der Waals surface area contributed by atoms with Gasteiger partial charge in [-0.05, 0) is 31.7 Å². The Morgan fingerprint density at radius 3 is 2.75 bits per heavy atom. The maximum absolute atomic E-state index is 6.81. The average molecular weight is 491 g/mol. The molecule has 4 aromatic rings.